The number of thiophene rings is 1. The van der Waals surface area contributed by atoms with E-state index in [0.717, 1.165) is 22.6 Å². The van der Waals surface area contributed by atoms with E-state index in [4.69, 9.17) is 0 Å². The number of aryl methyl sites for hydroxylation is 2. The van der Waals surface area contributed by atoms with Crippen LogP contribution in [0.15, 0.2) is 29.6 Å². The van der Waals surface area contributed by atoms with E-state index in [1.807, 2.05) is 11.4 Å². The van der Waals surface area contributed by atoms with Crippen LogP contribution in [-0.4, -0.2) is 4.92 Å². The lowest BCUT2D eigenvalue weighted by molar-refractivity contribution is -0.380. The SMILES string of the molecule is Cc1ccc(NCc2csc([N+](=O)[O-])c2)cc1C. The lowest BCUT2D eigenvalue weighted by Crippen LogP contribution is -1.98. The largest absolute Gasteiger partial charge is 0.381 e. The smallest absolute Gasteiger partial charge is 0.324 e. The molecule has 0 bridgehead atoms. The molecule has 2 rings (SSSR count). The summed E-state index contributed by atoms with van der Waals surface area (Å²) in [5.41, 5.74) is 4.46. The van der Waals surface area contributed by atoms with Gasteiger partial charge in [0.25, 0.3) is 0 Å². The van der Waals surface area contributed by atoms with E-state index in [1.165, 1.54) is 11.1 Å². The standard InChI is InChI=1S/C13H14N2O2S/c1-9-3-4-12(5-10(9)2)14-7-11-6-13(15(16)17)18-8-11/h3-6,8,14H,7H2,1-2H3. The Morgan fingerprint density at radius 2 is 2.06 bits per heavy atom. The van der Waals surface area contributed by atoms with Crippen molar-refractivity contribution in [1.29, 1.82) is 0 Å². The van der Waals surface area contributed by atoms with E-state index < -0.39 is 0 Å². The van der Waals surface area contributed by atoms with Gasteiger partial charge in [-0.1, -0.05) is 17.4 Å². The Morgan fingerprint density at radius 1 is 1.28 bits per heavy atom. The summed E-state index contributed by atoms with van der Waals surface area (Å²) in [4.78, 5) is 10.2. The van der Waals surface area contributed by atoms with Crippen molar-refractivity contribution >= 4 is 22.0 Å². The van der Waals surface area contributed by atoms with Gasteiger partial charge in [0, 0.05) is 23.7 Å². The summed E-state index contributed by atoms with van der Waals surface area (Å²) in [7, 11) is 0. The molecule has 1 heterocycles. The maximum absolute atomic E-state index is 10.6. The molecule has 0 aliphatic carbocycles. The average molecular weight is 262 g/mol. The van der Waals surface area contributed by atoms with Gasteiger partial charge in [-0.05, 0) is 42.7 Å². The average Bonchev–Trinajstić information content (AvgIpc) is 2.79. The van der Waals surface area contributed by atoms with Crippen molar-refractivity contribution in [2.24, 2.45) is 0 Å². The number of nitrogens with zero attached hydrogens (tertiary/aromatic N) is 1. The number of nitrogens with one attached hydrogen (secondary N) is 1. The highest BCUT2D eigenvalue weighted by Crippen LogP contribution is 2.23. The van der Waals surface area contributed by atoms with Crippen LogP contribution in [0.2, 0.25) is 0 Å². The van der Waals surface area contributed by atoms with Crippen LogP contribution < -0.4 is 5.32 Å². The lowest BCUT2D eigenvalue weighted by atomic mass is 10.1. The van der Waals surface area contributed by atoms with Crippen LogP contribution in [-0.2, 0) is 6.54 Å². The van der Waals surface area contributed by atoms with Crippen LogP contribution in [0, 0.1) is 24.0 Å². The molecule has 0 unspecified atom stereocenters. The van der Waals surface area contributed by atoms with Crippen LogP contribution in [0.4, 0.5) is 10.7 Å². The Labute approximate surface area is 109 Å². The predicted octanol–water partition coefficient (Wildman–Crippen LogP) is 3.89. The summed E-state index contributed by atoms with van der Waals surface area (Å²) in [6, 6.07) is 7.77. The minimum atomic E-state index is -0.357. The fourth-order valence-electron chi connectivity index (χ4n) is 1.61. The van der Waals surface area contributed by atoms with E-state index in [0.29, 0.717) is 6.54 Å². The van der Waals surface area contributed by atoms with E-state index in [-0.39, 0.29) is 9.92 Å². The summed E-state index contributed by atoms with van der Waals surface area (Å²) in [5.74, 6) is 0. The summed E-state index contributed by atoms with van der Waals surface area (Å²) in [6.07, 6.45) is 0. The van der Waals surface area contributed by atoms with Gasteiger partial charge in [-0.15, -0.1) is 0 Å². The molecule has 5 heteroatoms. The fourth-order valence-corrected chi connectivity index (χ4v) is 2.34. The quantitative estimate of drug-likeness (QED) is 0.672. The molecule has 0 atom stereocenters. The minimum Gasteiger partial charge on any atom is -0.381 e. The van der Waals surface area contributed by atoms with E-state index in [1.54, 1.807) is 6.07 Å². The highest BCUT2D eigenvalue weighted by Gasteiger charge is 2.09. The Bertz CT molecular complexity index is 578. The first-order chi connectivity index (χ1) is 8.56. The van der Waals surface area contributed by atoms with Crippen LogP contribution >= 0.6 is 11.3 Å². The molecular formula is C13H14N2O2S. The third-order valence-electron chi connectivity index (χ3n) is 2.82. The minimum absolute atomic E-state index is 0.187. The van der Waals surface area contributed by atoms with Crippen molar-refractivity contribution in [2.45, 2.75) is 20.4 Å². The molecule has 0 aliphatic rings. The van der Waals surface area contributed by atoms with Gasteiger partial charge >= 0.3 is 5.00 Å². The van der Waals surface area contributed by atoms with Crippen LogP contribution in [0.1, 0.15) is 16.7 Å². The first-order valence-corrected chi connectivity index (χ1v) is 6.47. The first kappa shape index (κ1) is 12.6. The van der Waals surface area contributed by atoms with Crippen molar-refractivity contribution in [3.05, 3.63) is 56.5 Å². The highest BCUT2D eigenvalue weighted by molar-refractivity contribution is 7.13. The molecule has 0 saturated carbocycles. The number of rotatable bonds is 4. The normalized spacial score (nSPS) is 10.3. The second-order valence-electron chi connectivity index (χ2n) is 4.20. The Morgan fingerprint density at radius 3 is 2.67 bits per heavy atom. The topological polar surface area (TPSA) is 55.2 Å². The third-order valence-corrected chi connectivity index (χ3v) is 3.75. The lowest BCUT2D eigenvalue weighted by Gasteiger charge is -2.07. The van der Waals surface area contributed by atoms with Gasteiger partial charge in [-0.25, -0.2) is 0 Å². The Kier molecular flexibility index (Phi) is 3.62. The number of nitro groups is 1. The Hall–Kier alpha value is -1.88. The number of hydrogen-bond acceptors (Lipinski definition) is 4. The molecule has 0 saturated heterocycles. The molecule has 2 aromatic rings. The zero-order chi connectivity index (χ0) is 13.1. The van der Waals surface area contributed by atoms with Crippen LogP contribution in [0.3, 0.4) is 0 Å². The fraction of sp³-hybridized carbons (Fsp3) is 0.231. The van der Waals surface area contributed by atoms with Gasteiger partial charge in [-0.3, -0.25) is 10.1 Å². The summed E-state index contributed by atoms with van der Waals surface area (Å²) < 4.78 is 0. The molecular weight excluding hydrogens is 248 g/mol. The van der Waals surface area contributed by atoms with Crippen molar-refractivity contribution in [3.63, 3.8) is 0 Å². The Balaban J connectivity index is 2.02. The number of benzene rings is 1. The van der Waals surface area contributed by atoms with Gasteiger partial charge < -0.3 is 5.32 Å². The van der Waals surface area contributed by atoms with Gasteiger partial charge in [0.1, 0.15) is 0 Å². The molecule has 4 nitrogen and oxygen atoms in total. The van der Waals surface area contributed by atoms with Crippen molar-refractivity contribution in [1.82, 2.24) is 0 Å². The van der Waals surface area contributed by atoms with E-state index in [9.17, 15) is 10.1 Å². The summed E-state index contributed by atoms with van der Waals surface area (Å²) in [6.45, 7) is 4.74. The summed E-state index contributed by atoms with van der Waals surface area (Å²) in [5, 5.41) is 15.8. The first-order valence-electron chi connectivity index (χ1n) is 5.59. The molecule has 0 radical (unpaired) electrons. The molecule has 94 valence electrons. The van der Waals surface area contributed by atoms with E-state index in [2.05, 4.69) is 31.3 Å². The zero-order valence-corrected chi connectivity index (χ0v) is 11.1. The number of anilines is 1. The molecule has 18 heavy (non-hydrogen) atoms. The van der Waals surface area contributed by atoms with Gasteiger partial charge in [0.05, 0.1) is 4.92 Å². The molecule has 0 spiro atoms. The van der Waals surface area contributed by atoms with Crippen molar-refractivity contribution in [2.75, 3.05) is 5.32 Å². The molecule has 1 N–H and O–H groups in total. The van der Waals surface area contributed by atoms with Crippen molar-refractivity contribution in [3.8, 4) is 0 Å². The van der Waals surface area contributed by atoms with Gasteiger partial charge in [0.2, 0.25) is 0 Å². The molecule has 0 aliphatic heterocycles. The monoisotopic (exact) mass is 262 g/mol. The molecule has 1 aromatic heterocycles. The number of hydrogen-bond donors (Lipinski definition) is 1. The highest BCUT2D eigenvalue weighted by atomic mass is 32.1. The predicted molar refractivity (Wildman–Crippen MR) is 74.2 cm³/mol. The summed E-state index contributed by atoms with van der Waals surface area (Å²) >= 11 is 1.16. The zero-order valence-electron chi connectivity index (χ0n) is 10.3. The van der Waals surface area contributed by atoms with Crippen LogP contribution in [0.25, 0.3) is 0 Å². The van der Waals surface area contributed by atoms with E-state index >= 15 is 0 Å². The molecule has 1 aromatic carbocycles. The second-order valence-corrected chi connectivity index (χ2v) is 5.09. The van der Waals surface area contributed by atoms with Gasteiger partial charge in [-0.2, -0.15) is 0 Å². The maximum Gasteiger partial charge on any atom is 0.324 e. The maximum atomic E-state index is 10.6. The second kappa shape index (κ2) is 5.18. The molecule has 0 fully saturated rings. The van der Waals surface area contributed by atoms with Crippen LogP contribution in [0.5, 0.6) is 0 Å². The third kappa shape index (κ3) is 2.87. The van der Waals surface area contributed by atoms with Crippen molar-refractivity contribution < 1.29 is 4.92 Å². The molecule has 0 amide bonds. The van der Waals surface area contributed by atoms with Gasteiger partial charge in [0.15, 0.2) is 0 Å².